The van der Waals surface area contributed by atoms with Crippen molar-refractivity contribution in [1.82, 2.24) is 24.0 Å². The van der Waals surface area contributed by atoms with E-state index in [4.69, 9.17) is 15.5 Å². The van der Waals surface area contributed by atoms with Gasteiger partial charge in [-0.25, -0.2) is 4.98 Å². The van der Waals surface area contributed by atoms with Gasteiger partial charge >= 0.3 is 0 Å². The van der Waals surface area contributed by atoms with Crippen molar-refractivity contribution >= 4 is 38.5 Å². The summed E-state index contributed by atoms with van der Waals surface area (Å²) in [5, 5.41) is 2.25. The molecule has 0 unspecified atom stereocenters. The molecule has 1 amide bonds. The molecular formula is C30H32N6O2S. The highest BCUT2D eigenvalue weighted by Crippen LogP contribution is 2.43. The molecule has 3 aliphatic rings. The summed E-state index contributed by atoms with van der Waals surface area (Å²) in [6.07, 6.45) is 6.62. The second kappa shape index (κ2) is 8.47. The minimum atomic E-state index is 0.0262. The van der Waals surface area contributed by atoms with Crippen molar-refractivity contribution < 1.29 is 9.53 Å². The van der Waals surface area contributed by atoms with E-state index in [0.717, 1.165) is 54.2 Å². The highest BCUT2D eigenvalue weighted by atomic mass is 32.1. The molecule has 1 aromatic carbocycles. The number of imidazole rings is 1. The smallest absolute Gasteiger partial charge is 0.254 e. The lowest BCUT2D eigenvalue weighted by atomic mass is 10.1. The average molecular weight is 541 g/mol. The number of carbonyl (C=O) groups is 1. The zero-order chi connectivity index (χ0) is 26.4. The van der Waals surface area contributed by atoms with E-state index >= 15 is 0 Å². The van der Waals surface area contributed by atoms with Crippen molar-refractivity contribution in [3.05, 3.63) is 47.5 Å². The van der Waals surface area contributed by atoms with Gasteiger partial charge in [-0.1, -0.05) is 0 Å². The number of ether oxygens (including phenoxy) is 1. The highest BCUT2D eigenvalue weighted by molar-refractivity contribution is 7.17. The highest BCUT2D eigenvalue weighted by Gasteiger charge is 2.47. The van der Waals surface area contributed by atoms with E-state index in [-0.39, 0.29) is 18.0 Å². The first kappa shape index (κ1) is 23.3. The maximum atomic E-state index is 13.6. The number of amides is 1. The van der Waals surface area contributed by atoms with E-state index in [2.05, 4.69) is 31.6 Å². The number of aromatic nitrogens is 4. The average Bonchev–Trinajstić information content (AvgIpc) is 3.47. The van der Waals surface area contributed by atoms with Crippen LogP contribution in [-0.2, 0) is 13.6 Å². The van der Waals surface area contributed by atoms with Gasteiger partial charge in [-0.05, 0) is 67.9 Å². The number of nitrogens with two attached hydrogens (primary N) is 1. The van der Waals surface area contributed by atoms with E-state index in [0.29, 0.717) is 23.1 Å². The van der Waals surface area contributed by atoms with Gasteiger partial charge in [0, 0.05) is 60.6 Å². The largest absolute Gasteiger partial charge is 0.494 e. The lowest BCUT2D eigenvalue weighted by Gasteiger charge is -2.27. The minimum Gasteiger partial charge on any atom is -0.494 e. The third-order valence-electron chi connectivity index (χ3n) is 9.19. The first-order chi connectivity index (χ1) is 19.0. The third-order valence-corrected chi connectivity index (χ3v) is 10.1. The van der Waals surface area contributed by atoms with Crippen LogP contribution in [-0.4, -0.2) is 55.6 Å². The molecule has 1 aliphatic heterocycles. The van der Waals surface area contributed by atoms with Crippen LogP contribution in [0.5, 0.6) is 5.75 Å². The summed E-state index contributed by atoms with van der Waals surface area (Å²) in [4.78, 5) is 24.2. The standard InChI is InChI=1S/C30H32N6O2S/c1-34-28-21(10-18(11-24(28)38-2)30(37)36-14-17-7-8-22(36)26(17)31)33-29(34)23-12-25-27(35(23)13-16-5-6-16)19(15-39-25)20-4-3-9-32-20/h3-4,9-12,15-17,22,26,32H,5-8,13-14,31H2,1-2H3/t17-,22-,26-/m1/s1. The number of hydrogen-bond acceptors (Lipinski definition) is 5. The van der Waals surface area contributed by atoms with E-state index in [1.54, 1.807) is 18.4 Å². The number of aryl methyl sites for hydroxylation is 1. The maximum Gasteiger partial charge on any atom is 0.254 e. The van der Waals surface area contributed by atoms with Gasteiger partial charge in [0.25, 0.3) is 5.91 Å². The van der Waals surface area contributed by atoms with Crippen LogP contribution in [0.1, 0.15) is 36.0 Å². The summed E-state index contributed by atoms with van der Waals surface area (Å²) in [6, 6.07) is 10.5. The van der Waals surface area contributed by atoms with Crippen LogP contribution in [0.25, 0.3) is 44.0 Å². The van der Waals surface area contributed by atoms with E-state index in [1.165, 1.54) is 28.6 Å². The number of nitrogens with one attached hydrogen (secondary N) is 1. The molecule has 39 heavy (non-hydrogen) atoms. The topological polar surface area (TPSA) is 94.1 Å². The summed E-state index contributed by atoms with van der Waals surface area (Å²) in [6.45, 7) is 1.72. The van der Waals surface area contributed by atoms with Gasteiger partial charge < -0.3 is 29.5 Å². The number of rotatable bonds is 6. The Balaban J connectivity index is 1.26. The molecule has 5 aromatic rings. The molecule has 3 fully saturated rings. The summed E-state index contributed by atoms with van der Waals surface area (Å²) in [5.41, 5.74) is 13.4. The Morgan fingerprint density at radius 2 is 2.08 bits per heavy atom. The number of methoxy groups -OCH3 is 1. The Kier molecular flexibility index (Phi) is 5.07. The first-order valence-corrected chi connectivity index (χ1v) is 14.8. The van der Waals surface area contributed by atoms with E-state index < -0.39 is 0 Å². The monoisotopic (exact) mass is 540 g/mol. The Labute approximate surface area is 230 Å². The normalized spacial score (nSPS) is 22.5. The molecule has 200 valence electrons. The Morgan fingerprint density at radius 3 is 2.77 bits per heavy atom. The molecule has 0 radical (unpaired) electrons. The molecule has 1 saturated heterocycles. The van der Waals surface area contributed by atoms with Gasteiger partial charge in [0.2, 0.25) is 0 Å². The van der Waals surface area contributed by atoms with Gasteiger partial charge in [-0.3, -0.25) is 4.79 Å². The number of benzene rings is 1. The molecule has 2 saturated carbocycles. The number of carbonyl (C=O) groups excluding carboxylic acids is 1. The molecule has 2 aliphatic carbocycles. The van der Waals surface area contributed by atoms with Crippen molar-refractivity contribution in [1.29, 1.82) is 0 Å². The Hall–Kier alpha value is -3.56. The Bertz CT molecular complexity index is 1740. The van der Waals surface area contributed by atoms with E-state index in [1.807, 2.05) is 36.3 Å². The van der Waals surface area contributed by atoms with Gasteiger partial charge in [0.1, 0.15) is 11.3 Å². The number of fused-ring (bicyclic) bond motifs is 4. The second-order valence-corrected chi connectivity index (χ2v) is 12.4. The number of likely N-dealkylation sites (tertiary alicyclic amines) is 1. The second-order valence-electron chi connectivity index (χ2n) is 11.5. The molecule has 0 spiro atoms. The lowest BCUT2D eigenvalue weighted by Crippen LogP contribution is -2.41. The van der Waals surface area contributed by atoms with Crippen LogP contribution in [0.2, 0.25) is 0 Å². The minimum absolute atomic E-state index is 0.0262. The van der Waals surface area contributed by atoms with Crippen LogP contribution < -0.4 is 10.5 Å². The fourth-order valence-electron chi connectivity index (χ4n) is 6.96. The number of H-pyrrole nitrogens is 1. The summed E-state index contributed by atoms with van der Waals surface area (Å²) >= 11 is 1.77. The fourth-order valence-corrected chi connectivity index (χ4v) is 7.95. The third kappa shape index (κ3) is 3.45. The number of nitrogens with zero attached hydrogens (tertiary/aromatic N) is 4. The molecule has 3 N–H and O–H groups in total. The van der Waals surface area contributed by atoms with Gasteiger partial charge in [0.05, 0.1) is 28.5 Å². The molecule has 9 heteroatoms. The van der Waals surface area contributed by atoms with Crippen LogP contribution in [0, 0.1) is 11.8 Å². The van der Waals surface area contributed by atoms with Crippen LogP contribution in [0.15, 0.2) is 41.9 Å². The van der Waals surface area contributed by atoms with Gasteiger partial charge in [-0.15, -0.1) is 11.3 Å². The predicted molar refractivity (Wildman–Crippen MR) is 154 cm³/mol. The molecule has 4 aromatic heterocycles. The zero-order valence-corrected chi connectivity index (χ0v) is 23.0. The quantitative estimate of drug-likeness (QED) is 0.308. The van der Waals surface area contributed by atoms with Crippen molar-refractivity contribution in [2.45, 2.75) is 44.3 Å². The molecule has 2 bridgehead atoms. The summed E-state index contributed by atoms with van der Waals surface area (Å²) < 4.78 is 11.7. The number of hydrogen-bond donors (Lipinski definition) is 2. The molecule has 5 heterocycles. The summed E-state index contributed by atoms with van der Waals surface area (Å²) in [7, 11) is 3.71. The van der Waals surface area contributed by atoms with Crippen LogP contribution in [0.3, 0.4) is 0 Å². The SMILES string of the molecule is COc1cc(C(=O)N2C[C@H]3CC[C@@H]2[C@@H]3N)cc2nc(-c3cc4scc(-c5ccc[nH]5)c4n3CC3CC3)n(C)c12. The molecule has 8 nitrogen and oxygen atoms in total. The first-order valence-electron chi connectivity index (χ1n) is 13.9. The zero-order valence-electron chi connectivity index (χ0n) is 22.2. The van der Waals surface area contributed by atoms with E-state index in [9.17, 15) is 4.79 Å². The molecule has 3 atom stereocenters. The Morgan fingerprint density at radius 1 is 1.21 bits per heavy atom. The summed E-state index contributed by atoms with van der Waals surface area (Å²) in [5.74, 6) is 2.69. The predicted octanol–water partition coefficient (Wildman–Crippen LogP) is 5.23. The molecular weight excluding hydrogens is 508 g/mol. The van der Waals surface area contributed by atoms with Crippen molar-refractivity contribution in [3.63, 3.8) is 0 Å². The molecule has 8 rings (SSSR count). The number of thiophene rings is 1. The van der Waals surface area contributed by atoms with Crippen LogP contribution >= 0.6 is 11.3 Å². The van der Waals surface area contributed by atoms with Gasteiger partial charge in [0.15, 0.2) is 5.82 Å². The number of aromatic amines is 1. The van der Waals surface area contributed by atoms with Gasteiger partial charge in [-0.2, -0.15) is 0 Å². The lowest BCUT2D eigenvalue weighted by molar-refractivity contribution is 0.0700. The maximum absolute atomic E-state index is 13.6. The van der Waals surface area contributed by atoms with Crippen molar-refractivity contribution in [2.24, 2.45) is 24.6 Å². The number of piperidine rings is 1. The van der Waals surface area contributed by atoms with Crippen LogP contribution in [0.4, 0.5) is 0 Å². The van der Waals surface area contributed by atoms with Crippen molar-refractivity contribution in [2.75, 3.05) is 13.7 Å². The van der Waals surface area contributed by atoms with Crippen molar-refractivity contribution in [3.8, 4) is 28.5 Å². The fraction of sp³-hybridized carbons (Fsp3) is 0.400.